The largest absolute Gasteiger partial charge is 0.444 e. The Morgan fingerprint density at radius 1 is 0.951 bits per heavy atom. The van der Waals surface area contributed by atoms with Crippen molar-refractivity contribution in [2.24, 2.45) is 0 Å². The molecule has 0 N–H and O–H groups in total. The van der Waals surface area contributed by atoms with Crippen molar-refractivity contribution in [3.8, 4) is 0 Å². The molecular formula is C35H48N2O3P+. The summed E-state index contributed by atoms with van der Waals surface area (Å²) in [7, 11) is -2.23. The van der Waals surface area contributed by atoms with E-state index in [1.54, 1.807) is 11.0 Å². The zero-order valence-corrected chi connectivity index (χ0v) is 26.6. The Morgan fingerprint density at radius 3 is 2.07 bits per heavy atom. The van der Waals surface area contributed by atoms with Crippen LogP contribution in [0.2, 0.25) is 0 Å². The molecule has 6 heteroatoms. The number of carbonyl (C=O) groups excluding carboxylic acids is 2. The first-order valence-electron chi connectivity index (χ1n) is 14.9. The summed E-state index contributed by atoms with van der Waals surface area (Å²) in [6.07, 6.45) is 11.3. The number of rotatable bonds is 8. The van der Waals surface area contributed by atoms with E-state index in [0.29, 0.717) is 19.6 Å². The average Bonchev–Trinajstić information content (AvgIpc) is 3.61. The van der Waals surface area contributed by atoms with E-state index >= 15 is 0 Å². The van der Waals surface area contributed by atoms with Gasteiger partial charge >= 0.3 is 6.09 Å². The molecule has 220 valence electrons. The summed E-state index contributed by atoms with van der Waals surface area (Å²) in [5, 5.41) is 2.51. The van der Waals surface area contributed by atoms with Gasteiger partial charge in [0.25, 0.3) is 5.91 Å². The van der Waals surface area contributed by atoms with Gasteiger partial charge in [0.2, 0.25) is 0 Å². The van der Waals surface area contributed by atoms with Crippen LogP contribution in [-0.2, 0) is 9.53 Å². The Balaban J connectivity index is 0.00000226. The predicted molar refractivity (Wildman–Crippen MR) is 175 cm³/mol. The maximum absolute atomic E-state index is 14.4. The van der Waals surface area contributed by atoms with Gasteiger partial charge in [0.15, 0.2) is 5.66 Å². The number of hydrogen-bond donors (Lipinski definition) is 0. The van der Waals surface area contributed by atoms with Crippen LogP contribution in [-0.4, -0.2) is 64.4 Å². The van der Waals surface area contributed by atoms with Gasteiger partial charge in [-0.2, -0.15) is 0 Å². The second-order valence-electron chi connectivity index (χ2n) is 11.4. The van der Waals surface area contributed by atoms with Gasteiger partial charge in [-0.15, -0.1) is 0 Å². The molecular weight excluding hydrogens is 527 g/mol. The number of ether oxygens (including phenoxy) is 1. The number of likely N-dealkylation sites (tertiary alicyclic amines) is 2. The molecule has 2 aliphatic heterocycles. The topological polar surface area (TPSA) is 49.9 Å². The fourth-order valence-electron chi connectivity index (χ4n) is 6.03. The van der Waals surface area contributed by atoms with E-state index in [9.17, 15) is 9.59 Å². The van der Waals surface area contributed by atoms with Gasteiger partial charge in [-0.25, -0.2) is 4.79 Å². The van der Waals surface area contributed by atoms with Crippen molar-refractivity contribution in [1.29, 1.82) is 0 Å². The Bertz CT molecular complexity index is 1160. The summed E-state index contributed by atoms with van der Waals surface area (Å²) in [5.41, 5.74) is -0.516. The highest BCUT2D eigenvalue weighted by molar-refractivity contribution is 7.91. The molecule has 2 heterocycles. The van der Waals surface area contributed by atoms with Crippen molar-refractivity contribution in [2.75, 3.05) is 19.6 Å². The van der Waals surface area contributed by atoms with Crippen molar-refractivity contribution < 1.29 is 14.3 Å². The molecule has 2 aliphatic rings. The van der Waals surface area contributed by atoms with Gasteiger partial charge in [0.05, 0.1) is 19.0 Å². The highest BCUT2D eigenvalue weighted by atomic mass is 31.2. The molecule has 0 aromatic heterocycles. The highest BCUT2D eigenvalue weighted by Gasteiger charge is 2.60. The van der Waals surface area contributed by atoms with Crippen LogP contribution < -0.4 is 10.6 Å². The Kier molecular flexibility index (Phi) is 11.5. The third-order valence-corrected chi connectivity index (χ3v) is 12.9. The molecule has 0 aliphatic carbocycles. The molecule has 4 rings (SSSR count). The molecule has 41 heavy (non-hydrogen) atoms. The van der Waals surface area contributed by atoms with E-state index in [4.69, 9.17) is 4.74 Å². The number of benzene rings is 2. The SMILES string of the molecule is C=C/C=C\C=C/C(C)[P+](c1ccccc1)(c1ccccc1)C1CCN(C2CCN(C(=O)OC(C)(C)C)C2)C1=O.CC. The van der Waals surface area contributed by atoms with E-state index in [1.807, 2.05) is 58.9 Å². The van der Waals surface area contributed by atoms with E-state index < -0.39 is 12.9 Å². The first kappa shape index (κ1) is 32.3. The van der Waals surface area contributed by atoms with Crippen molar-refractivity contribution in [1.82, 2.24) is 9.80 Å². The second kappa shape index (κ2) is 14.6. The van der Waals surface area contributed by atoms with Crippen molar-refractivity contribution >= 4 is 29.9 Å². The molecule has 2 fully saturated rings. The Labute approximate surface area is 248 Å². The maximum Gasteiger partial charge on any atom is 0.410 e. The van der Waals surface area contributed by atoms with Crippen LogP contribution in [0.4, 0.5) is 4.79 Å². The maximum atomic E-state index is 14.4. The fraction of sp³-hybridized carbons (Fsp3) is 0.429. The first-order chi connectivity index (χ1) is 19.7. The highest BCUT2D eigenvalue weighted by Crippen LogP contribution is 2.67. The lowest BCUT2D eigenvalue weighted by Crippen LogP contribution is -2.45. The predicted octanol–water partition coefficient (Wildman–Crippen LogP) is 6.98. The number of carbonyl (C=O) groups is 2. The summed E-state index contributed by atoms with van der Waals surface area (Å²) in [5.74, 6) is 0.217. The van der Waals surface area contributed by atoms with Crippen molar-refractivity contribution in [3.63, 3.8) is 0 Å². The third kappa shape index (κ3) is 7.38. The summed E-state index contributed by atoms with van der Waals surface area (Å²) >= 11 is 0. The Hall–Kier alpha value is -3.17. The van der Waals surface area contributed by atoms with Crippen LogP contribution in [0, 0.1) is 0 Å². The normalized spacial score (nSPS) is 20.3. The summed E-state index contributed by atoms with van der Waals surface area (Å²) in [4.78, 5) is 31.0. The van der Waals surface area contributed by atoms with Crippen LogP contribution in [0.3, 0.4) is 0 Å². The average molecular weight is 576 g/mol. The molecule has 0 saturated carbocycles. The molecule has 0 radical (unpaired) electrons. The number of amides is 2. The third-order valence-electron chi connectivity index (χ3n) is 7.72. The van der Waals surface area contributed by atoms with Crippen LogP contribution in [0.25, 0.3) is 0 Å². The zero-order valence-electron chi connectivity index (χ0n) is 25.7. The van der Waals surface area contributed by atoms with Crippen LogP contribution in [0.5, 0.6) is 0 Å². The second-order valence-corrected chi connectivity index (χ2v) is 15.4. The van der Waals surface area contributed by atoms with Gasteiger partial charge < -0.3 is 14.5 Å². The smallest absolute Gasteiger partial charge is 0.410 e. The lowest BCUT2D eigenvalue weighted by molar-refractivity contribution is -0.129. The molecule has 2 aromatic carbocycles. The van der Waals surface area contributed by atoms with Gasteiger partial charge in [0.1, 0.15) is 16.2 Å². The zero-order chi connectivity index (χ0) is 30.0. The molecule has 0 bridgehead atoms. The van der Waals surface area contributed by atoms with Crippen LogP contribution in [0.1, 0.15) is 54.4 Å². The van der Waals surface area contributed by atoms with Crippen LogP contribution in [0.15, 0.2) is 97.6 Å². The minimum atomic E-state index is -2.23. The fourth-order valence-corrected chi connectivity index (χ4v) is 11.3. The van der Waals surface area contributed by atoms with Gasteiger partial charge in [0, 0.05) is 26.1 Å². The quantitative estimate of drug-likeness (QED) is 0.252. The Morgan fingerprint density at radius 2 is 1.54 bits per heavy atom. The minimum absolute atomic E-state index is 0.0184. The molecule has 2 saturated heterocycles. The molecule has 5 nitrogen and oxygen atoms in total. The van der Waals surface area contributed by atoms with Gasteiger partial charge in [-0.05, 0) is 64.5 Å². The lowest BCUT2D eigenvalue weighted by Gasteiger charge is -2.36. The van der Waals surface area contributed by atoms with Crippen LogP contribution >= 0.6 is 7.26 Å². The summed E-state index contributed by atoms with van der Waals surface area (Å²) in [6, 6.07) is 21.3. The van der Waals surface area contributed by atoms with E-state index in [1.165, 1.54) is 10.6 Å². The summed E-state index contributed by atoms with van der Waals surface area (Å²) in [6.45, 7) is 17.5. The van der Waals surface area contributed by atoms with Gasteiger partial charge in [-0.1, -0.05) is 81.1 Å². The monoisotopic (exact) mass is 575 g/mol. The molecule has 2 amide bonds. The first-order valence-corrected chi connectivity index (χ1v) is 16.8. The number of hydrogen-bond acceptors (Lipinski definition) is 3. The molecule has 0 spiro atoms. The molecule has 3 unspecified atom stereocenters. The van der Waals surface area contributed by atoms with Crippen molar-refractivity contribution in [2.45, 2.75) is 77.3 Å². The number of nitrogens with zero attached hydrogens (tertiary/aromatic N) is 2. The van der Waals surface area contributed by atoms with E-state index in [0.717, 1.165) is 12.8 Å². The standard InChI is InChI=1S/C33H42N2O3P.C2H6/c1-6-7-8-11-16-26(2)39(28-17-12-9-13-18-28,29-19-14-10-15-20-29)30-22-24-35(31(30)36)27-21-23-34(25-27)32(37)38-33(3,4)5;1-2/h6-20,26-27,30H,1,21-25H2,2-5H3;1-2H3/q+1;/b8-7-,16-11-;. The molecule has 2 aromatic rings. The van der Waals surface area contributed by atoms with Gasteiger partial charge in [-0.3, -0.25) is 4.79 Å². The number of allylic oxidation sites excluding steroid dienone is 5. The van der Waals surface area contributed by atoms with E-state index in [-0.39, 0.29) is 29.4 Å². The minimum Gasteiger partial charge on any atom is -0.444 e. The lowest BCUT2D eigenvalue weighted by atomic mass is 10.2. The van der Waals surface area contributed by atoms with E-state index in [2.05, 4.69) is 79.1 Å². The molecule has 3 atom stereocenters. The van der Waals surface area contributed by atoms with Crippen molar-refractivity contribution in [3.05, 3.63) is 97.6 Å². The summed E-state index contributed by atoms with van der Waals surface area (Å²) < 4.78 is 5.61.